The van der Waals surface area contributed by atoms with Gasteiger partial charge in [-0.3, -0.25) is 5.41 Å². The lowest BCUT2D eigenvalue weighted by atomic mass is 10.6. The number of hydrogen-bond donors (Lipinski definition) is 2. The molecule has 0 aromatic heterocycles. The predicted molar refractivity (Wildman–Crippen MR) is 35.8 cm³/mol. The number of hydrogen-bond acceptors (Lipinski definition) is 2. The summed E-state index contributed by atoms with van der Waals surface area (Å²) in [6.45, 7) is 3.73. The summed E-state index contributed by atoms with van der Waals surface area (Å²) in [4.78, 5) is 3.56. The van der Waals surface area contributed by atoms with Crippen LogP contribution in [0, 0.1) is 5.41 Å². The Balaban J connectivity index is 2.91. The highest BCUT2D eigenvalue weighted by atomic mass is 14.9. The van der Waals surface area contributed by atoms with E-state index in [2.05, 4.69) is 10.3 Å². The van der Waals surface area contributed by atoms with Gasteiger partial charge in [0.15, 0.2) is 0 Å². The van der Waals surface area contributed by atoms with Crippen LogP contribution >= 0.6 is 0 Å². The molecule has 0 amide bonds. The summed E-state index contributed by atoms with van der Waals surface area (Å²) in [5, 5.41) is 9.52. The topological polar surface area (TPSA) is 48.2 Å². The Labute approximate surface area is 49.3 Å². The second-order valence-corrected chi connectivity index (χ2v) is 1.27. The Kier molecular flexibility index (Phi) is 5.75. The summed E-state index contributed by atoms with van der Waals surface area (Å²) >= 11 is 0. The average Bonchev–Trinajstić information content (AvgIpc) is 1.81. The molecule has 3 heteroatoms. The molecule has 8 heavy (non-hydrogen) atoms. The van der Waals surface area contributed by atoms with Gasteiger partial charge in [-0.25, -0.2) is 4.99 Å². The predicted octanol–water partition coefficient (Wildman–Crippen LogP) is 0.274. The normalized spacial score (nSPS) is 10.1. The molecule has 0 aliphatic heterocycles. The molecule has 0 aliphatic rings. The summed E-state index contributed by atoms with van der Waals surface area (Å²) in [6.07, 6.45) is 2.69. The minimum Gasteiger partial charge on any atom is -0.312 e. The summed E-state index contributed by atoms with van der Waals surface area (Å²) in [6, 6.07) is 0. The van der Waals surface area contributed by atoms with Crippen molar-refractivity contribution < 1.29 is 0 Å². The molecule has 2 N–H and O–H groups in total. The van der Waals surface area contributed by atoms with Crippen molar-refractivity contribution in [1.82, 2.24) is 5.32 Å². The second-order valence-electron chi connectivity index (χ2n) is 1.27. The SMILES string of the molecule is CCNCC=NC=N. The van der Waals surface area contributed by atoms with Crippen molar-refractivity contribution in [2.45, 2.75) is 6.92 Å². The quantitative estimate of drug-likeness (QED) is 0.307. The van der Waals surface area contributed by atoms with Gasteiger partial charge in [-0.15, -0.1) is 0 Å². The maximum atomic E-state index is 6.49. The van der Waals surface area contributed by atoms with Gasteiger partial charge in [0.2, 0.25) is 0 Å². The molecule has 0 unspecified atom stereocenters. The molecular formula is C5H11N3. The number of nitrogens with zero attached hydrogens (tertiary/aromatic N) is 1. The van der Waals surface area contributed by atoms with E-state index in [1.165, 1.54) is 0 Å². The first-order valence-electron chi connectivity index (χ1n) is 2.63. The van der Waals surface area contributed by atoms with Crippen LogP contribution in [0.25, 0.3) is 0 Å². The van der Waals surface area contributed by atoms with E-state index in [4.69, 9.17) is 5.41 Å². The summed E-state index contributed by atoms with van der Waals surface area (Å²) in [5.41, 5.74) is 0. The van der Waals surface area contributed by atoms with Crippen molar-refractivity contribution in [1.29, 1.82) is 5.41 Å². The van der Waals surface area contributed by atoms with Crippen molar-refractivity contribution in [3.05, 3.63) is 0 Å². The van der Waals surface area contributed by atoms with Crippen molar-refractivity contribution >= 4 is 12.6 Å². The van der Waals surface area contributed by atoms with Crippen LogP contribution in [0.15, 0.2) is 4.99 Å². The minimum absolute atomic E-state index is 0.756. The molecule has 0 atom stereocenters. The first kappa shape index (κ1) is 7.30. The molecule has 0 aromatic rings. The van der Waals surface area contributed by atoms with Gasteiger partial charge in [-0.1, -0.05) is 6.92 Å². The van der Waals surface area contributed by atoms with Crippen molar-refractivity contribution in [2.75, 3.05) is 13.1 Å². The van der Waals surface area contributed by atoms with E-state index in [1.54, 1.807) is 6.21 Å². The number of nitrogens with one attached hydrogen (secondary N) is 2. The van der Waals surface area contributed by atoms with Gasteiger partial charge in [0.05, 0.1) is 0 Å². The third-order valence-electron chi connectivity index (χ3n) is 0.666. The maximum absolute atomic E-state index is 6.49. The third-order valence-corrected chi connectivity index (χ3v) is 0.666. The zero-order valence-corrected chi connectivity index (χ0v) is 5.02. The van der Waals surface area contributed by atoms with Crippen LogP contribution in [0.4, 0.5) is 0 Å². The highest BCUT2D eigenvalue weighted by Crippen LogP contribution is 1.54. The lowest BCUT2D eigenvalue weighted by Crippen LogP contribution is -2.14. The highest BCUT2D eigenvalue weighted by Gasteiger charge is 1.71. The zero-order valence-electron chi connectivity index (χ0n) is 5.02. The summed E-state index contributed by atoms with van der Waals surface area (Å²) in [5.74, 6) is 0. The molecule has 0 heterocycles. The fraction of sp³-hybridized carbons (Fsp3) is 0.600. The average molecular weight is 113 g/mol. The van der Waals surface area contributed by atoms with Crippen LogP contribution in [-0.4, -0.2) is 25.6 Å². The second kappa shape index (κ2) is 6.30. The lowest BCUT2D eigenvalue weighted by molar-refractivity contribution is 0.824. The van der Waals surface area contributed by atoms with Crippen molar-refractivity contribution in [2.24, 2.45) is 4.99 Å². The van der Waals surface area contributed by atoms with Gasteiger partial charge in [0.25, 0.3) is 0 Å². The van der Waals surface area contributed by atoms with Crippen LogP contribution in [0.1, 0.15) is 6.92 Å². The summed E-state index contributed by atoms with van der Waals surface area (Å²) < 4.78 is 0. The molecule has 0 rings (SSSR count). The van der Waals surface area contributed by atoms with Gasteiger partial charge in [0.1, 0.15) is 6.34 Å². The van der Waals surface area contributed by atoms with E-state index in [0.29, 0.717) is 0 Å². The van der Waals surface area contributed by atoms with E-state index in [0.717, 1.165) is 19.4 Å². The fourth-order valence-corrected chi connectivity index (χ4v) is 0.314. The van der Waals surface area contributed by atoms with Crippen LogP contribution in [-0.2, 0) is 0 Å². The Morgan fingerprint density at radius 1 is 1.75 bits per heavy atom. The molecule has 0 radical (unpaired) electrons. The molecule has 0 aromatic carbocycles. The number of aliphatic imine (C=N–C) groups is 1. The largest absolute Gasteiger partial charge is 0.312 e. The molecule has 0 fully saturated rings. The zero-order chi connectivity index (χ0) is 6.24. The Morgan fingerprint density at radius 2 is 2.50 bits per heavy atom. The van der Waals surface area contributed by atoms with E-state index >= 15 is 0 Å². The molecule has 0 saturated carbocycles. The van der Waals surface area contributed by atoms with Crippen LogP contribution in [0.5, 0.6) is 0 Å². The fourth-order valence-electron chi connectivity index (χ4n) is 0.314. The Bertz CT molecular complexity index is 77.7. The maximum Gasteiger partial charge on any atom is 0.106 e. The lowest BCUT2D eigenvalue weighted by Gasteiger charge is -1.88. The van der Waals surface area contributed by atoms with Gasteiger partial charge >= 0.3 is 0 Å². The number of rotatable bonds is 4. The van der Waals surface area contributed by atoms with Gasteiger partial charge < -0.3 is 5.32 Å². The van der Waals surface area contributed by atoms with Crippen LogP contribution in [0.3, 0.4) is 0 Å². The summed E-state index contributed by atoms with van der Waals surface area (Å²) in [7, 11) is 0. The molecule has 0 bridgehead atoms. The van der Waals surface area contributed by atoms with E-state index in [1.807, 2.05) is 6.92 Å². The first-order valence-corrected chi connectivity index (χ1v) is 2.63. The van der Waals surface area contributed by atoms with Crippen molar-refractivity contribution in [3.8, 4) is 0 Å². The van der Waals surface area contributed by atoms with Crippen LogP contribution in [0.2, 0.25) is 0 Å². The standard InChI is InChI=1S/C5H11N3/c1-2-7-3-4-8-5-6/h4-7H,2-3H2,1H3. The van der Waals surface area contributed by atoms with Gasteiger partial charge in [-0.05, 0) is 6.54 Å². The molecule has 0 spiro atoms. The van der Waals surface area contributed by atoms with E-state index in [9.17, 15) is 0 Å². The molecule has 0 aliphatic carbocycles. The Morgan fingerprint density at radius 3 is 3.00 bits per heavy atom. The minimum atomic E-state index is 0.756. The van der Waals surface area contributed by atoms with E-state index in [-0.39, 0.29) is 0 Å². The van der Waals surface area contributed by atoms with Crippen LogP contribution < -0.4 is 5.32 Å². The first-order chi connectivity index (χ1) is 3.91. The monoisotopic (exact) mass is 113 g/mol. The smallest absolute Gasteiger partial charge is 0.106 e. The molecule has 3 nitrogen and oxygen atoms in total. The third kappa shape index (κ3) is 5.30. The molecule has 0 saturated heterocycles. The van der Waals surface area contributed by atoms with Crippen molar-refractivity contribution in [3.63, 3.8) is 0 Å². The highest BCUT2D eigenvalue weighted by molar-refractivity contribution is 5.71. The Hall–Kier alpha value is -0.700. The van der Waals surface area contributed by atoms with Gasteiger partial charge in [-0.2, -0.15) is 0 Å². The molecular weight excluding hydrogens is 102 g/mol. The van der Waals surface area contributed by atoms with Gasteiger partial charge in [0, 0.05) is 12.8 Å². The molecule has 46 valence electrons. The van der Waals surface area contributed by atoms with E-state index < -0.39 is 0 Å².